The maximum atomic E-state index is 12.6. The standard InChI is InChI=1S/C16H18Cl2N4OS/c1-4-7-22-14(20-21-16(22)24)13(9(2)3)19-15(23)11-6-5-10(17)8-12(11)18/h4-6,8-9,13H,1,7H2,2-3H3,(H,19,23)(H,21,24). The third-order valence-corrected chi connectivity index (χ3v) is 4.37. The van der Waals surface area contributed by atoms with Crippen LogP contribution in [0.4, 0.5) is 0 Å². The number of carbonyl (C=O) groups excluding carboxylic acids is 1. The number of hydrogen-bond donors (Lipinski definition) is 2. The van der Waals surface area contributed by atoms with Crippen LogP contribution in [-0.4, -0.2) is 20.7 Å². The molecule has 0 saturated carbocycles. The van der Waals surface area contributed by atoms with Gasteiger partial charge in [0.15, 0.2) is 10.6 Å². The van der Waals surface area contributed by atoms with E-state index in [-0.39, 0.29) is 17.9 Å². The van der Waals surface area contributed by atoms with Gasteiger partial charge in [0, 0.05) is 11.6 Å². The van der Waals surface area contributed by atoms with Crippen molar-refractivity contribution in [1.82, 2.24) is 20.1 Å². The topological polar surface area (TPSA) is 62.7 Å². The summed E-state index contributed by atoms with van der Waals surface area (Å²) in [4.78, 5) is 12.6. The molecular weight excluding hydrogens is 367 g/mol. The summed E-state index contributed by atoms with van der Waals surface area (Å²) in [5.74, 6) is 0.441. The molecule has 1 heterocycles. The second kappa shape index (κ2) is 7.96. The van der Waals surface area contributed by atoms with Crippen molar-refractivity contribution in [3.05, 3.63) is 57.1 Å². The Morgan fingerprint density at radius 2 is 2.21 bits per heavy atom. The monoisotopic (exact) mass is 384 g/mol. The van der Waals surface area contributed by atoms with Crippen molar-refractivity contribution in [1.29, 1.82) is 0 Å². The molecule has 1 unspecified atom stereocenters. The highest BCUT2D eigenvalue weighted by atomic mass is 35.5. The highest BCUT2D eigenvalue weighted by Gasteiger charge is 2.25. The summed E-state index contributed by atoms with van der Waals surface area (Å²) in [6.45, 7) is 8.21. The molecule has 0 aliphatic carbocycles. The van der Waals surface area contributed by atoms with Crippen molar-refractivity contribution in [2.45, 2.75) is 26.4 Å². The predicted molar refractivity (Wildman–Crippen MR) is 99.1 cm³/mol. The van der Waals surface area contributed by atoms with E-state index in [0.29, 0.717) is 32.7 Å². The molecule has 0 aliphatic rings. The van der Waals surface area contributed by atoms with Crippen LogP contribution in [0, 0.1) is 10.7 Å². The highest BCUT2D eigenvalue weighted by molar-refractivity contribution is 7.71. The van der Waals surface area contributed by atoms with Crippen LogP contribution in [0.2, 0.25) is 10.0 Å². The zero-order valence-corrected chi connectivity index (χ0v) is 15.7. The number of aromatic nitrogens is 3. The molecule has 0 aliphatic heterocycles. The third kappa shape index (κ3) is 4.06. The first-order chi connectivity index (χ1) is 11.3. The summed E-state index contributed by atoms with van der Waals surface area (Å²) in [5, 5.41) is 10.8. The predicted octanol–water partition coefficient (Wildman–Crippen LogP) is 4.56. The molecule has 2 rings (SSSR count). The van der Waals surface area contributed by atoms with E-state index in [0.717, 1.165) is 0 Å². The second-order valence-corrected chi connectivity index (χ2v) is 6.84. The van der Waals surface area contributed by atoms with E-state index >= 15 is 0 Å². The molecule has 24 heavy (non-hydrogen) atoms. The van der Waals surface area contributed by atoms with Gasteiger partial charge < -0.3 is 5.32 Å². The summed E-state index contributed by atoms with van der Waals surface area (Å²) in [7, 11) is 0. The molecule has 5 nitrogen and oxygen atoms in total. The number of halogens is 2. The fourth-order valence-electron chi connectivity index (χ4n) is 2.29. The lowest BCUT2D eigenvalue weighted by Crippen LogP contribution is -2.34. The molecule has 0 fully saturated rings. The normalized spacial score (nSPS) is 12.2. The smallest absolute Gasteiger partial charge is 0.253 e. The van der Waals surface area contributed by atoms with Gasteiger partial charge in [-0.3, -0.25) is 14.5 Å². The van der Waals surface area contributed by atoms with Crippen LogP contribution in [0.25, 0.3) is 0 Å². The number of H-pyrrole nitrogens is 1. The lowest BCUT2D eigenvalue weighted by molar-refractivity contribution is 0.0922. The Balaban J connectivity index is 2.34. The molecule has 1 amide bonds. The molecular formula is C16H18Cl2N4OS. The highest BCUT2D eigenvalue weighted by Crippen LogP contribution is 2.24. The maximum absolute atomic E-state index is 12.6. The third-order valence-electron chi connectivity index (χ3n) is 3.51. The lowest BCUT2D eigenvalue weighted by atomic mass is 10.0. The zero-order valence-electron chi connectivity index (χ0n) is 13.3. The fraction of sp³-hybridized carbons (Fsp3) is 0.312. The average molecular weight is 385 g/mol. The molecule has 1 atom stereocenters. The van der Waals surface area contributed by atoms with E-state index in [1.165, 1.54) is 6.07 Å². The van der Waals surface area contributed by atoms with Crippen molar-refractivity contribution in [2.24, 2.45) is 5.92 Å². The minimum Gasteiger partial charge on any atom is -0.342 e. The number of hydrogen-bond acceptors (Lipinski definition) is 3. The first kappa shape index (κ1) is 18.7. The van der Waals surface area contributed by atoms with Crippen molar-refractivity contribution in [3.8, 4) is 0 Å². The largest absolute Gasteiger partial charge is 0.342 e. The fourth-order valence-corrected chi connectivity index (χ4v) is 3.00. The molecule has 0 saturated heterocycles. The molecule has 0 radical (unpaired) electrons. The van der Waals surface area contributed by atoms with Crippen LogP contribution in [0.3, 0.4) is 0 Å². The zero-order chi connectivity index (χ0) is 17.9. The quantitative estimate of drug-likeness (QED) is 0.566. The lowest BCUT2D eigenvalue weighted by Gasteiger charge is -2.22. The number of rotatable bonds is 6. The van der Waals surface area contributed by atoms with Crippen LogP contribution in [0.15, 0.2) is 30.9 Å². The van der Waals surface area contributed by atoms with Gasteiger partial charge in [-0.05, 0) is 36.3 Å². The summed E-state index contributed by atoms with van der Waals surface area (Å²) in [6, 6.07) is 4.42. The van der Waals surface area contributed by atoms with E-state index in [4.69, 9.17) is 35.4 Å². The summed E-state index contributed by atoms with van der Waals surface area (Å²) >= 11 is 17.2. The van der Waals surface area contributed by atoms with Gasteiger partial charge in [-0.1, -0.05) is 43.1 Å². The molecule has 8 heteroatoms. The SMILES string of the molecule is C=CCn1c(C(NC(=O)c2ccc(Cl)cc2Cl)C(C)C)n[nH]c1=S. The Morgan fingerprint density at radius 1 is 1.50 bits per heavy atom. The summed E-state index contributed by atoms with van der Waals surface area (Å²) in [6.07, 6.45) is 1.73. The Hall–Kier alpha value is -1.63. The van der Waals surface area contributed by atoms with E-state index in [9.17, 15) is 4.79 Å². The van der Waals surface area contributed by atoms with Crippen LogP contribution in [0.1, 0.15) is 36.1 Å². The molecule has 0 spiro atoms. The minimum absolute atomic E-state index is 0.0915. The maximum Gasteiger partial charge on any atom is 0.253 e. The number of amides is 1. The number of nitrogens with zero attached hydrogens (tertiary/aromatic N) is 2. The number of aromatic amines is 1. The summed E-state index contributed by atoms with van der Waals surface area (Å²) < 4.78 is 2.28. The molecule has 2 aromatic rings. The van der Waals surface area contributed by atoms with E-state index in [1.54, 1.807) is 22.8 Å². The van der Waals surface area contributed by atoms with Gasteiger partial charge in [-0.15, -0.1) is 6.58 Å². The van der Waals surface area contributed by atoms with E-state index < -0.39 is 0 Å². The molecule has 1 aromatic carbocycles. The van der Waals surface area contributed by atoms with Gasteiger partial charge in [0.2, 0.25) is 0 Å². The Labute approximate surface area is 155 Å². The number of benzene rings is 1. The molecule has 0 bridgehead atoms. The van der Waals surface area contributed by atoms with Crippen molar-refractivity contribution in [2.75, 3.05) is 0 Å². The first-order valence-electron chi connectivity index (χ1n) is 7.37. The van der Waals surface area contributed by atoms with E-state index in [2.05, 4.69) is 22.1 Å². The van der Waals surface area contributed by atoms with Crippen LogP contribution in [0.5, 0.6) is 0 Å². The van der Waals surface area contributed by atoms with Crippen LogP contribution in [-0.2, 0) is 6.54 Å². The van der Waals surface area contributed by atoms with Gasteiger partial charge in [-0.2, -0.15) is 5.10 Å². The number of carbonyl (C=O) groups is 1. The average Bonchev–Trinajstić information content (AvgIpc) is 2.86. The molecule has 1 aromatic heterocycles. The van der Waals surface area contributed by atoms with Crippen molar-refractivity contribution >= 4 is 41.3 Å². The molecule has 2 N–H and O–H groups in total. The van der Waals surface area contributed by atoms with Gasteiger partial charge in [0.1, 0.15) is 0 Å². The first-order valence-corrected chi connectivity index (χ1v) is 8.53. The van der Waals surface area contributed by atoms with Gasteiger partial charge >= 0.3 is 0 Å². The number of nitrogens with one attached hydrogen (secondary N) is 2. The van der Waals surface area contributed by atoms with Crippen LogP contribution >= 0.6 is 35.4 Å². The van der Waals surface area contributed by atoms with Gasteiger partial charge in [-0.25, -0.2) is 0 Å². The van der Waals surface area contributed by atoms with Gasteiger partial charge in [0.25, 0.3) is 5.91 Å². The number of allylic oxidation sites excluding steroid dienone is 1. The van der Waals surface area contributed by atoms with Crippen molar-refractivity contribution in [3.63, 3.8) is 0 Å². The Bertz CT molecular complexity index is 813. The van der Waals surface area contributed by atoms with Gasteiger partial charge in [0.05, 0.1) is 16.6 Å². The molecule has 128 valence electrons. The van der Waals surface area contributed by atoms with E-state index in [1.807, 2.05) is 13.8 Å². The second-order valence-electron chi connectivity index (χ2n) is 5.61. The summed E-state index contributed by atoms with van der Waals surface area (Å²) in [5.41, 5.74) is 0.358. The van der Waals surface area contributed by atoms with Crippen molar-refractivity contribution < 1.29 is 4.79 Å². The Morgan fingerprint density at radius 3 is 2.79 bits per heavy atom. The minimum atomic E-state index is -0.336. The van der Waals surface area contributed by atoms with Crippen LogP contribution < -0.4 is 5.32 Å². The Kier molecular flexibility index (Phi) is 6.21.